The number of nitrogens with zero attached hydrogens (tertiary/aromatic N) is 1. The highest BCUT2D eigenvalue weighted by molar-refractivity contribution is 9.10. The van der Waals surface area contributed by atoms with Crippen LogP contribution in [0, 0.1) is 6.92 Å². The molecule has 98 valence electrons. The molecule has 1 N–H and O–H groups in total. The fraction of sp³-hybridized carbons (Fsp3) is 0.286. The summed E-state index contributed by atoms with van der Waals surface area (Å²) in [5, 5.41) is 3.62. The lowest BCUT2D eigenvalue weighted by Crippen LogP contribution is -2.13. The normalized spacial score (nSPS) is 13.4. The van der Waals surface area contributed by atoms with E-state index < -0.39 is 0 Å². The first kappa shape index (κ1) is 12.8. The standard InChI is InChI=1S/C14H13BrN2OS/c1-8-5-6-9(15)7-10(8)13(18)17-14-16-11-3-2-4-12(11)19-14/h5-7H,2-4H2,1H3,(H,16,17,18). The topological polar surface area (TPSA) is 42.0 Å². The minimum atomic E-state index is -0.0915. The molecule has 0 saturated carbocycles. The van der Waals surface area contributed by atoms with Gasteiger partial charge in [0.2, 0.25) is 0 Å². The summed E-state index contributed by atoms with van der Waals surface area (Å²) >= 11 is 4.99. The zero-order valence-electron chi connectivity index (χ0n) is 10.5. The SMILES string of the molecule is Cc1ccc(Br)cc1C(=O)Nc1nc2c(s1)CCC2. The highest BCUT2D eigenvalue weighted by Crippen LogP contribution is 2.30. The Morgan fingerprint density at radius 2 is 2.26 bits per heavy atom. The molecule has 0 bridgehead atoms. The van der Waals surface area contributed by atoms with Gasteiger partial charge in [-0.1, -0.05) is 22.0 Å². The van der Waals surface area contributed by atoms with Crippen LogP contribution in [0.2, 0.25) is 0 Å². The van der Waals surface area contributed by atoms with Gasteiger partial charge in [-0.15, -0.1) is 11.3 Å². The Hall–Kier alpha value is -1.20. The average molecular weight is 337 g/mol. The molecule has 1 amide bonds. The summed E-state index contributed by atoms with van der Waals surface area (Å²) in [6.45, 7) is 1.93. The number of hydrogen-bond donors (Lipinski definition) is 1. The van der Waals surface area contributed by atoms with E-state index >= 15 is 0 Å². The molecular formula is C14H13BrN2OS. The van der Waals surface area contributed by atoms with Crippen molar-refractivity contribution in [1.29, 1.82) is 0 Å². The quantitative estimate of drug-likeness (QED) is 0.901. The molecule has 0 atom stereocenters. The molecule has 1 aliphatic rings. The van der Waals surface area contributed by atoms with E-state index in [0.717, 1.165) is 28.6 Å². The number of thiazole rings is 1. The minimum absolute atomic E-state index is 0.0915. The van der Waals surface area contributed by atoms with Gasteiger partial charge < -0.3 is 0 Å². The largest absolute Gasteiger partial charge is 0.298 e. The molecule has 1 heterocycles. The number of fused-ring (bicyclic) bond motifs is 1. The van der Waals surface area contributed by atoms with E-state index in [4.69, 9.17) is 0 Å². The van der Waals surface area contributed by atoms with Crippen molar-refractivity contribution in [3.63, 3.8) is 0 Å². The Labute approximate surface area is 124 Å². The molecule has 0 aliphatic heterocycles. The molecule has 0 spiro atoms. The Kier molecular flexibility index (Phi) is 3.41. The smallest absolute Gasteiger partial charge is 0.257 e. The molecule has 1 aromatic heterocycles. The highest BCUT2D eigenvalue weighted by Gasteiger charge is 2.18. The molecule has 1 aromatic carbocycles. The van der Waals surface area contributed by atoms with Crippen LogP contribution in [0.1, 0.15) is 32.9 Å². The minimum Gasteiger partial charge on any atom is -0.298 e. The van der Waals surface area contributed by atoms with Gasteiger partial charge in [-0.25, -0.2) is 4.98 Å². The summed E-state index contributed by atoms with van der Waals surface area (Å²) in [6.07, 6.45) is 3.32. The summed E-state index contributed by atoms with van der Waals surface area (Å²) in [6, 6.07) is 5.71. The monoisotopic (exact) mass is 336 g/mol. The van der Waals surface area contributed by atoms with E-state index in [1.807, 2.05) is 25.1 Å². The Morgan fingerprint density at radius 1 is 1.42 bits per heavy atom. The van der Waals surface area contributed by atoms with Crippen LogP contribution in [0.5, 0.6) is 0 Å². The maximum Gasteiger partial charge on any atom is 0.257 e. The zero-order valence-corrected chi connectivity index (χ0v) is 12.9. The second kappa shape index (κ2) is 5.06. The average Bonchev–Trinajstić information content (AvgIpc) is 2.92. The fourth-order valence-electron chi connectivity index (χ4n) is 2.25. The molecule has 0 radical (unpaired) electrons. The molecule has 5 heteroatoms. The maximum absolute atomic E-state index is 12.2. The predicted molar refractivity (Wildman–Crippen MR) is 81.0 cm³/mol. The van der Waals surface area contributed by atoms with Gasteiger partial charge in [-0.2, -0.15) is 0 Å². The molecule has 3 nitrogen and oxygen atoms in total. The van der Waals surface area contributed by atoms with Crippen molar-refractivity contribution in [2.24, 2.45) is 0 Å². The number of benzene rings is 1. The van der Waals surface area contributed by atoms with E-state index in [2.05, 4.69) is 26.2 Å². The number of carbonyl (C=O) groups is 1. The van der Waals surface area contributed by atoms with Gasteiger partial charge in [-0.3, -0.25) is 10.1 Å². The highest BCUT2D eigenvalue weighted by atomic mass is 79.9. The number of aromatic nitrogens is 1. The van der Waals surface area contributed by atoms with Crippen molar-refractivity contribution < 1.29 is 4.79 Å². The van der Waals surface area contributed by atoms with Crippen LogP contribution in [0.4, 0.5) is 5.13 Å². The summed E-state index contributed by atoms with van der Waals surface area (Å²) in [5.41, 5.74) is 2.81. The van der Waals surface area contributed by atoms with Crippen molar-refractivity contribution in [2.75, 3.05) is 5.32 Å². The molecular weight excluding hydrogens is 324 g/mol. The molecule has 1 aliphatic carbocycles. The van der Waals surface area contributed by atoms with Gasteiger partial charge in [0.25, 0.3) is 5.91 Å². The first-order valence-electron chi connectivity index (χ1n) is 6.19. The summed E-state index contributed by atoms with van der Waals surface area (Å²) in [7, 11) is 0. The number of aryl methyl sites for hydroxylation is 3. The number of hydrogen-bond acceptors (Lipinski definition) is 3. The summed E-state index contributed by atoms with van der Waals surface area (Å²) < 4.78 is 0.907. The molecule has 0 fully saturated rings. The van der Waals surface area contributed by atoms with E-state index in [-0.39, 0.29) is 5.91 Å². The van der Waals surface area contributed by atoms with Gasteiger partial charge in [0.1, 0.15) is 0 Å². The lowest BCUT2D eigenvalue weighted by Gasteiger charge is -2.06. The number of nitrogens with one attached hydrogen (secondary N) is 1. The van der Waals surface area contributed by atoms with Crippen LogP contribution in [0.15, 0.2) is 22.7 Å². The molecule has 3 rings (SSSR count). The number of halogens is 1. The van der Waals surface area contributed by atoms with Gasteiger partial charge in [0, 0.05) is 14.9 Å². The van der Waals surface area contributed by atoms with Crippen LogP contribution >= 0.6 is 27.3 Å². The Balaban J connectivity index is 1.82. The van der Waals surface area contributed by atoms with E-state index in [9.17, 15) is 4.79 Å². The van der Waals surface area contributed by atoms with Gasteiger partial charge in [0.05, 0.1) is 5.69 Å². The Morgan fingerprint density at radius 3 is 3.05 bits per heavy atom. The molecule has 19 heavy (non-hydrogen) atoms. The van der Waals surface area contributed by atoms with Crippen LogP contribution in [0.25, 0.3) is 0 Å². The van der Waals surface area contributed by atoms with E-state index in [1.165, 1.54) is 11.3 Å². The summed E-state index contributed by atoms with van der Waals surface area (Å²) in [5.74, 6) is -0.0915. The van der Waals surface area contributed by atoms with E-state index in [1.54, 1.807) is 11.3 Å². The van der Waals surface area contributed by atoms with Crippen LogP contribution in [0.3, 0.4) is 0 Å². The first-order valence-corrected chi connectivity index (χ1v) is 7.80. The Bertz CT molecular complexity index is 629. The number of amides is 1. The first-order chi connectivity index (χ1) is 9.13. The van der Waals surface area contributed by atoms with Crippen molar-refractivity contribution >= 4 is 38.3 Å². The van der Waals surface area contributed by atoms with Crippen molar-refractivity contribution in [3.8, 4) is 0 Å². The maximum atomic E-state index is 12.2. The molecule has 2 aromatic rings. The third kappa shape index (κ3) is 2.58. The van der Waals surface area contributed by atoms with Gasteiger partial charge in [-0.05, 0) is 43.9 Å². The number of anilines is 1. The van der Waals surface area contributed by atoms with Crippen LogP contribution < -0.4 is 5.32 Å². The second-order valence-corrected chi connectivity index (χ2v) is 6.66. The third-order valence-electron chi connectivity index (χ3n) is 3.26. The van der Waals surface area contributed by atoms with Crippen molar-refractivity contribution in [2.45, 2.75) is 26.2 Å². The number of carbonyl (C=O) groups excluding carboxylic acids is 1. The van der Waals surface area contributed by atoms with E-state index in [0.29, 0.717) is 10.7 Å². The second-order valence-electron chi connectivity index (χ2n) is 4.66. The zero-order chi connectivity index (χ0) is 13.4. The van der Waals surface area contributed by atoms with Crippen molar-refractivity contribution in [1.82, 2.24) is 4.98 Å². The van der Waals surface area contributed by atoms with Crippen molar-refractivity contribution in [3.05, 3.63) is 44.4 Å². The fourth-order valence-corrected chi connectivity index (χ4v) is 3.65. The van der Waals surface area contributed by atoms with Gasteiger partial charge >= 0.3 is 0 Å². The lowest BCUT2D eigenvalue weighted by atomic mass is 10.1. The van der Waals surface area contributed by atoms with Crippen LogP contribution in [-0.2, 0) is 12.8 Å². The third-order valence-corrected chi connectivity index (χ3v) is 4.83. The number of rotatable bonds is 2. The van der Waals surface area contributed by atoms with Crippen LogP contribution in [-0.4, -0.2) is 10.9 Å². The predicted octanol–water partition coefficient (Wildman–Crippen LogP) is 3.96. The summed E-state index contributed by atoms with van der Waals surface area (Å²) in [4.78, 5) is 18.1. The van der Waals surface area contributed by atoms with Gasteiger partial charge in [0.15, 0.2) is 5.13 Å². The lowest BCUT2D eigenvalue weighted by molar-refractivity contribution is 0.102. The molecule has 0 unspecified atom stereocenters. The molecule has 0 saturated heterocycles.